The molecule has 1 aromatic rings. The van der Waals surface area contributed by atoms with Crippen molar-refractivity contribution in [2.75, 3.05) is 34.0 Å². The molecule has 1 rings (SSSR count). The van der Waals surface area contributed by atoms with E-state index in [1.807, 2.05) is 0 Å². The number of benzene rings is 1. The fourth-order valence-corrected chi connectivity index (χ4v) is 4.14. The molecule has 0 fully saturated rings. The van der Waals surface area contributed by atoms with Gasteiger partial charge in [-0.25, -0.2) is 0 Å². The second-order valence-corrected chi connectivity index (χ2v) is 12.1. The molecule has 35 heavy (non-hydrogen) atoms. The van der Waals surface area contributed by atoms with Gasteiger partial charge in [-0.3, -0.25) is 4.90 Å². The molecule has 0 radical (unpaired) electrons. The van der Waals surface area contributed by atoms with E-state index < -0.39 is 32.0 Å². The zero-order valence-electron chi connectivity index (χ0n) is 22.2. The molecule has 180 valence electrons. The fourth-order valence-electron chi connectivity index (χ4n) is 3.28. The number of hydrogen-bond acceptors (Lipinski definition) is 10. The second-order valence-electron chi connectivity index (χ2n) is 8.17. The molecule has 0 saturated carbocycles. The minimum absolute atomic E-state index is 0. The molecule has 0 spiro atoms. The van der Waals surface area contributed by atoms with Crippen LogP contribution in [0.1, 0.15) is 30.5 Å². The molecule has 2 atom stereocenters. The molecule has 0 bridgehead atoms. The molecule has 2 N–H and O–H groups in total. The van der Waals surface area contributed by atoms with Crippen LogP contribution in [-0.4, -0.2) is 65.9 Å². The van der Waals surface area contributed by atoms with Gasteiger partial charge in [-0.1, -0.05) is 47.2 Å². The summed E-state index contributed by atoms with van der Waals surface area (Å²) in [4.78, 5) is 47.1. The van der Waals surface area contributed by atoms with Gasteiger partial charge in [0.25, 0.3) is 0 Å². The van der Waals surface area contributed by atoms with E-state index in [-0.39, 0.29) is 157 Å². The monoisotopic (exact) mass is 571 g/mol. The van der Waals surface area contributed by atoms with E-state index in [0.29, 0.717) is 16.7 Å². The minimum Gasteiger partial charge on any atom is -0.811 e. The Morgan fingerprint density at radius 1 is 0.857 bits per heavy atom. The van der Waals surface area contributed by atoms with Crippen LogP contribution in [0.4, 0.5) is 0 Å². The Bertz CT molecular complexity index is 773. The van der Waals surface area contributed by atoms with E-state index in [4.69, 9.17) is 4.74 Å². The molecule has 0 saturated heterocycles. The van der Waals surface area contributed by atoms with Gasteiger partial charge in [0, 0.05) is 13.7 Å². The van der Waals surface area contributed by atoms with Crippen LogP contribution in [0.5, 0.6) is 0 Å². The minimum atomic E-state index is -4.82. The number of rotatable bonds is 13. The molecule has 0 aromatic heterocycles. The molecule has 0 aliphatic heterocycles. The van der Waals surface area contributed by atoms with Crippen LogP contribution >= 0.6 is 15.2 Å². The number of aliphatic hydroxyl groups is 2. The predicted molar refractivity (Wildman–Crippen MR) is 108 cm³/mol. The van der Waals surface area contributed by atoms with Gasteiger partial charge in [0.1, 0.15) is 0 Å². The third-order valence-electron chi connectivity index (χ3n) is 5.49. The first-order valence-corrected chi connectivity index (χ1v) is 13.0. The van der Waals surface area contributed by atoms with Crippen LogP contribution in [0.15, 0.2) is 18.2 Å². The maximum atomic E-state index is 11.3. The molecule has 0 aliphatic rings. The summed E-state index contributed by atoms with van der Waals surface area (Å²) in [6.07, 6.45) is -0.141. The summed E-state index contributed by atoms with van der Waals surface area (Å²) in [6.45, 7) is 2.06. The molecule has 10 nitrogen and oxygen atoms in total. The molecule has 0 aliphatic carbocycles. The van der Waals surface area contributed by atoms with E-state index in [9.17, 15) is 38.9 Å². The van der Waals surface area contributed by atoms with Gasteiger partial charge in [-0.05, 0) is 47.9 Å². The van der Waals surface area contributed by atoms with Gasteiger partial charge in [0.2, 0.25) is 0 Å². The average Bonchev–Trinajstić information content (AvgIpc) is 2.64. The summed E-state index contributed by atoms with van der Waals surface area (Å²) in [5.41, 5.74) is -1.77. The van der Waals surface area contributed by atoms with Crippen LogP contribution < -0.4 is 138 Å². The number of nitrogens with zero attached hydrogens (tertiary/aromatic N) is 1. The Morgan fingerprint density at radius 3 is 1.49 bits per heavy atom. The summed E-state index contributed by atoms with van der Waals surface area (Å²) in [5.74, 6) is 0. The van der Waals surface area contributed by atoms with Crippen molar-refractivity contribution < 1.29 is 162 Å². The maximum Gasteiger partial charge on any atom is 1.00 e. The predicted octanol–water partition coefficient (Wildman–Crippen LogP) is -13.8. The van der Waals surface area contributed by atoms with Gasteiger partial charge in [0.15, 0.2) is 0 Å². The number of hydrogen-bond donors (Lipinski definition) is 2. The van der Waals surface area contributed by atoms with Gasteiger partial charge >= 0.3 is 118 Å². The van der Waals surface area contributed by atoms with Crippen molar-refractivity contribution in [3.8, 4) is 0 Å². The standard InChI is InChI=1S/C19H35NO9P2.4Na/c1-14(30(23,24)25)5-16-7-17(6-15(2)31(26,27)28)9-18(8-16)10-20(3)19(11-21,12-22)13-29-4;;;;/h7-9,14-15,21-22H,5-6,10-13H2,1-4H3,(H2,23,24,25)(H2,26,27,28);;;;/q;4*+1/p-4. The third kappa shape index (κ3) is 15.2. The van der Waals surface area contributed by atoms with E-state index >= 15 is 0 Å². The average molecular weight is 571 g/mol. The third-order valence-corrected chi connectivity index (χ3v) is 8.01. The zero-order valence-corrected chi connectivity index (χ0v) is 32.0. The van der Waals surface area contributed by atoms with Crippen molar-refractivity contribution in [1.29, 1.82) is 0 Å². The summed E-state index contributed by atoms with van der Waals surface area (Å²) in [6, 6.07) is 4.94. The van der Waals surface area contributed by atoms with E-state index in [0.717, 1.165) is 0 Å². The molecule has 16 heteroatoms. The van der Waals surface area contributed by atoms with Crippen LogP contribution in [0.25, 0.3) is 0 Å². The number of aliphatic hydroxyl groups excluding tert-OH is 2. The quantitative estimate of drug-likeness (QED) is 0.171. The smallest absolute Gasteiger partial charge is 0.811 e. The summed E-state index contributed by atoms with van der Waals surface area (Å²) in [5, 5.41) is 19.6. The number of likely N-dealkylation sites (N-methyl/N-ethyl adjacent to an activating group) is 1. The largest absolute Gasteiger partial charge is 1.00 e. The molecule has 0 heterocycles. The van der Waals surface area contributed by atoms with E-state index in [2.05, 4.69) is 0 Å². The Balaban J connectivity index is -0.00000120. The van der Waals surface area contributed by atoms with Crippen molar-refractivity contribution in [2.24, 2.45) is 0 Å². The van der Waals surface area contributed by atoms with Crippen molar-refractivity contribution in [1.82, 2.24) is 4.90 Å². The van der Waals surface area contributed by atoms with Crippen LogP contribution in [0.2, 0.25) is 0 Å². The Labute approximate surface area is 296 Å². The Kier molecular flexibility index (Phi) is 26.3. The number of methoxy groups -OCH3 is 1. The molecular weight excluding hydrogens is 540 g/mol. The molecular formula is C19H31NNa4O9P2. The molecule has 1 aromatic carbocycles. The summed E-state index contributed by atoms with van der Waals surface area (Å²) < 4.78 is 27.8. The number of ether oxygens (including phenoxy) is 1. The van der Waals surface area contributed by atoms with Gasteiger partial charge < -0.3 is 43.7 Å². The van der Waals surface area contributed by atoms with Gasteiger partial charge in [-0.15, -0.1) is 0 Å². The topological polar surface area (TPSA) is 179 Å². The Hall–Kier alpha value is 3.36. The summed E-state index contributed by atoms with van der Waals surface area (Å²) >= 11 is 0. The second kappa shape index (κ2) is 20.3. The molecule has 0 amide bonds. The van der Waals surface area contributed by atoms with E-state index in [1.165, 1.54) is 21.0 Å². The summed E-state index contributed by atoms with van der Waals surface area (Å²) in [7, 11) is -6.54. The normalized spacial score (nSPS) is 13.6. The van der Waals surface area contributed by atoms with Crippen molar-refractivity contribution >= 4 is 15.2 Å². The van der Waals surface area contributed by atoms with Crippen LogP contribution in [0.3, 0.4) is 0 Å². The van der Waals surface area contributed by atoms with Gasteiger partial charge in [-0.2, -0.15) is 0 Å². The first-order chi connectivity index (χ1) is 14.2. The zero-order chi connectivity index (χ0) is 24.0. The van der Waals surface area contributed by atoms with Crippen LogP contribution in [0, 0.1) is 0 Å². The van der Waals surface area contributed by atoms with Crippen molar-refractivity contribution in [3.05, 3.63) is 34.9 Å². The first kappa shape index (κ1) is 45.4. The fraction of sp³-hybridized carbons (Fsp3) is 0.684. The maximum absolute atomic E-state index is 11.3. The van der Waals surface area contributed by atoms with Crippen molar-refractivity contribution in [3.63, 3.8) is 0 Å². The van der Waals surface area contributed by atoms with Crippen molar-refractivity contribution in [2.45, 2.75) is 50.1 Å². The van der Waals surface area contributed by atoms with Crippen LogP contribution in [-0.2, 0) is 33.3 Å². The Morgan fingerprint density at radius 2 is 1.20 bits per heavy atom. The van der Waals surface area contributed by atoms with E-state index in [1.54, 1.807) is 30.1 Å². The SMILES string of the molecule is COCC(CO)(CO)N(C)Cc1cc(CC(C)P(=O)([O-])[O-])cc(CC(C)P(=O)([O-])[O-])c1.[Na+].[Na+].[Na+].[Na+]. The molecule has 2 unspecified atom stereocenters. The van der Waals surface area contributed by atoms with Gasteiger partial charge in [0.05, 0.1) is 25.4 Å². The first-order valence-electron chi connectivity index (χ1n) is 9.75.